The number of aryl methyl sites for hydroxylation is 1. The van der Waals surface area contributed by atoms with Crippen LogP contribution in [0.3, 0.4) is 0 Å². The predicted molar refractivity (Wildman–Crippen MR) is 95.7 cm³/mol. The molecule has 1 aliphatic carbocycles. The first-order chi connectivity index (χ1) is 10.9. The van der Waals surface area contributed by atoms with E-state index in [4.69, 9.17) is 4.74 Å². The van der Waals surface area contributed by atoms with Gasteiger partial charge in [-0.3, -0.25) is 0 Å². The molecule has 0 saturated carbocycles. The van der Waals surface area contributed by atoms with Crippen molar-refractivity contribution < 1.29 is 4.74 Å². The summed E-state index contributed by atoms with van der Waals surface area (Å²) in [6.07, 6.45) is 1.07. The summed E-state index contributed by atoms with van der Waals surface area (Å²) < 4.78 is 5.98. The normalized spacial score (nSPS) is 27.2. The van der Waals surface area contributed by atoms with E-state index in [9.17, 15) is 0 Å². The Labute approximate surface area is 138 Å². The Bertz CT molecular complexity index is 810. The van der Waals surface area contributed by atoms with Crippen LogP contribution in [0.1, 0.15) is 48.6 Å². The molecular formula is C21H25NO. The Morgan fingerprint density at radius 1 is 1.17 bits per heavy atom. The molecule has 1 N–H and O–H groups in total. The summed E-state index contributed by atoms with van der Waals surface area (Å²) in [5, 5.41) is 3.86. The third kappa shape index (κ3) is 1.64. The van der Waals surface area contributed by atoms with Crippen LogP contribution >= 0.6 is 0 Å². The van der Waals surface area contributed by atoms with Crippen LogP contribution in [0.15, 0.2) is 30.3 Å². The molecule has 1 heterocycles. The summed E-state index contributed by atoms with van der Waals surface area (Å²) in [4.78, 5) is 0. The van der Waals surface area contributed by atoms with E-state index in [2.05, 4.69) is 70.3 Å². The van der Waals surface area contributed by atoms with Gasteiger partial charge in [0.1, 0.15) is 5.75 Å². The van der Waals surface area contributed by atoms with Gasteiger partial charge >= 0.3 is 0 Å². The molecule has 0 spiro atoms. The van der Waals surface area contributed by atoms with Crippen LogP contribution in [-0.4, -0.2) is 12.1 Å². The van der Waals surface area contributed by atoms with Gasteiger partial charge in [-0.1, -0.05) is 24.3 Å². The Morgan fingerprint density at radius 2 is 1.91 bits per heavy atom. The monoisotopic (exact) mass is 307 g/mol. The lowest BCUT2D eigenvalue weighted by atomic mass is 9.68. The average molecular weight is 307 g/mol. The van der Waals surface area contributed by atoms with Gasteiger partial charge < -0.3 is 10.1 Å². The van der Waals surface area contributed by atoms with Gasteiger partial charge in [0.2, 0.25) is 0 Å². The van der Waals surface area contributed by atoms with Crippen LogP contribution in [0, 0.1) is 13.8 Å². The smallest absolute Gasteiger partial charge is 0.125 e. The van der Waals surface area contributed by atoms with Crippen molar-refractivity contribution in [1.82, 2.24) is 0 Å². The molecule has 120 valence electrons. The minimum Gasteiger partial charge on any atom is -0.493 e. The third-order valence-electron chi connectivity index (χ3n) is 6.11. The highest BCUT2D eigenvalue weighted by Gasteiger charge is 2.58. The van der Waals surface area contributed by atoms with Gasteiger partial charge in [0.25, 0.3) is 0 Å². The molecule has 0 bridgehead atoms. The average Bonchev–Trinajstić information content (AvgIpc) is 2.85. The molecule has 0 radical (unpaired) electrons. The summed E-state index contributed by atoms with van der Waals surface area (Å²) >= 11 is 0. The topological polar surface area (TPSA) is 21.3 Å². The Balaban J connectivity index is 2.02. The minimum absolute atomic E-state index is 0.0113. The first-order valence-corrected chi connectivity index (χ1v) is 8.56. The second-order valence-corrected chi connectivity index (χ2v) is 7.42. The van der Waals surface area contributed by atoms with Crippen molar-refractivity contribution >= 4 is 5.69 Å². The number of hydrogen-bond acceptors (Lipinski definition) is 2. The van der Waals surface area contributed by atoms with E-state index in [1.165, 1.54) is 33.5 Å². The largest absolute Gasteiger partial charge is 0.493 e. The van der Waals surface area contributed by atoms with Gasteiger partial charge in [-0.15, -0.1) is 0 Å². The molecule has 23 heavy (non-hydrogen) atoms. The first kappa shape index (κ1) is 14.6. The lowest BCUT2D eigenvalue weighted by molar-refractivity contribution is 0.333. The minimum atomic E-state index is -0.0113. The fraction of sp³-hybridized carbons (Fsp3) is 0.429. The number of ether oxygens (including phenoxy) is 1. The molecule has 0 fully saturated rings. The summed E-state index contributed by atoms with van der Waals surface area (Å²) in [5.41, 5.74) is 8.15. The lowest BCUT2D eigenvalue weighted by Crippen LogP contribution is -2.46. The van der Waals surface area contributed by atoms with Gasteiger partial charge in [-0.25, -0.2) is 0 Å². The fourth-order valence-electron chi connectivity index (χ4n) is 4.97. The van der Waals surface area contributed by atoms with Crippen LogP contribution in [0.5, 0.6) is 5.75 Å². The third-order valence-corrected chi connectivity index (χ3v) is 6.11. The van der Waals surface area contributed by atoms with Gasteiger partial charge in [-0.2, -0.15) is 0 Å². The number of rotatable bonds is 2. The second-order valence-electron chi connectivity index (χ2n) is 7.42. The van der Waals surface area contributed by atoms with E-state index >= 15 is 0 Å². The van der Waals surface area contributed by atoms with Gasteiger partial charge in [-0.05, 0) is 74.9 Å². The molecule has 1 aliphatic heterocycles. The molecule has 2 heteroatoms. The van der Waals surface area contributed by atoms with Crippen molar-refractivity contribution in [2.24, 2.45) is 0 Å². The van der Waals surface area contributed by atoms with Crippen molar-refractivity contribution in [2.45, 2.75) is 52.0 Å². The van der Waals surface area contributed by atoms with Crippen LogP contribution in [0.25, 0.3) is 0 Å². The number of benzene rings is 2. The van der Waals surface area contributed by atoms with Gasteiger partial charge in [0.15, 0.2) is 0 Å². The summed E-state index contributed by atoms with van der Waals surface area (Å²) in [5.74, 6) is 1.06. The Morgan fingerprint density at radius 3 is 2.65 bits per heavy atom. The molecular weight excluding hydrogens is 282 g/mol. The van der Waals surface area contributed by atoms with E-state index in [1.54, 1.807) is 0 Å². The van der Waals surface area contributed by atoms with Crippen LogP contribution < -0.4 is 10.1 Å². The number of anilines is 1. The fourth-order valence-corrected chi connectivity index (χ4v) is 4.97. The second kappa shape index (κ2) is 4.53. The molecule has 4 rings (SSSR count). The zero-order valence-electron chi connectivity index (χ0n) is 14.7. The number of nitrogens with one attached hydrogen (secondary N) is 1. The number of fused-ring (bicyclic) bond motifs is 5. The first-order valence-electron chi connectivity index (χ1n) is 8.56. The van der Waals surface area contributed by atoms with E-state index in [0.717, 1.165) is 12.2 Å². The quantitative estimate of drug-likeness (QED) is 0.864. The molecule has 2 aliphatic rings. The molecule has 0 aromatic heterocycles. The van der Waals surface area contributed by atoms with E-state index < -0.39 is 0 Å². The standard InChI is InChI=1S/C21H25NO/c1-6-23-19-13(2)11-17-18(14(19)3)21(5)16-10-8-7-9-15(16)12-20(21,4)22-17/h7-11,22H,6,12H2,1-5H3. The van der Waals surface area contributed by atoms with E-state index in [0.29, 0.717) is 6.61 Å². The van der Waals surface area contributed by atoms with Gasteiger partial charge in [0, 0.05) is 11.1 Å². The van der Waals surface area contributed by atoms with Crippen LogP contribution in [0.4, 0.5) is 5.69 Å². The van der Waals surface area contributed by atoms with E-state index in [1.807, 2.05) is 0 Å². The molecule has 0 saturated heterocycles. The zero-order chi connectivity index (χ0) is 16.4. The van der Waals surface area contributed by atoms with Crippen molar-refractivity contribution in [1.29, 1.82) is 0 Å². The van der Waals surface area contributed by atoms with Crippen LogP contribution in [0.2, 0.25) is 0 Å². The maximum atomic E-state index is 5.98. The summed E-state index contributed by atoms with van der Waals surface area (Å²) in [7, 11) is 0. The molecule has 0 amide bonds. The Kier molecular flexibility index (Phi) is 2.88. The van der Waals surface area contributed by atoms with Crippen molar-refractivity contribution in [3.63, 3.8) is 0 Å². The zero-order valence-corrected chi connectivity index (χ0v) is 14.7. The summed E-state index contributed by atoms with van der Waals surface area (Å²) in [6, 6.07) is 11.2. The summed E-state index contributed by atoms with van der Waals surface area (Å²) in [6.45, 7) is 11.9. The lowest BCUT2D eigenvalue weighted by Gasteiger charge is -2.36. The molecule has 2 unspecified atom stereocenters. The Hall–Kier alpha value is -1.96. The SMILES string of the molecule is CCOc1c(C)cc2c(c1C)C1(C)c3ccccc3CC1(C)N2. The molecule has 2 aromatic carbocycles. The molecule has 2 nitrogen and oxygen atoms in total. The maximum Gasteiger partial charge on any atom is 0.125 e. The van der Waals surface area contributed by atoms with Crippen molar-refractivity contribution in [3.8, 4) is 5.75 Å². The van der Waals surface area contributed by atoms with Gasteiger partial charge in [0.05, 0.1) is 12.1 Å². The predicted octanol–water partition coefficient (Wildman–Crippen LogP) is 4.75. The molecule has 2 aromatic rings. The highest BCUT2D eigenvalue weighted by atomic mass is 16.5. The maximum absolute atomic E-state index is 5.98. The van der Waals surface area contributed by atoms with Crippen molar-refractivity contribution in [2.75, 3.05) is 11.9 Å². The highest BCUT2D eigenvalue weighted by Crippen LogP contribution is 2.59. The highest BCUT2D eigenvalue weighted by molar-refractivity contribution is 5.76. The van der Waals surface area contributed by atoms with E-state index in [-0.39, 0.29) is 11.0 Å². The molecule has 2 atom stereocenters. The van der Waals surface area contributed by atoms with Crippen molar-refractivity contribution in [3.05, 3.63) is 58.1 Å². The number of hydrogen-bond donors (Lipinski definition) is 1. The van der Waals surface area contributed by atoms with Crippen LogP contribution in [-0.2, 0) is 11.8 Å².